The molecule has 0 saturated carbocycles. The molecule has 3 aromatic rings. The van der Waals surface area contributed by atoms with Gasteiger partial charge in [0.15, 0.2) is 5.82 Å². The maximum atomic E-state index is 13.0. The molecule has 4 rings (SSSR count). The number of halogens is 2. The molecule has 2 heterocycles. The van der Waals surface area contributed by atoms with E-state index in [-0.39, 0.29) is 14.9 Å². The first-order valence-corrected chi connectivity index (χ1v) is 11.8. The van der Waals surface area contributed by atoms with Gasteiger partial charge in [0.1, 0.15) is 10.6 Å². The summed E-state index contributed by atoms with van der Waals surface area (Å²) in [5.41, 5.74) is 1.69. The van der Waals surface area contributed by atoms with Gasteiger partial charge in [-0.3, -0.25) is 0 Å². The van der Waals surface area contributed by atoms with Crippen LogP contribution in [-0.4, -0.2) is 56.2 Å². The van der Waals surface area contributed by atoms with E-state index in [4.69, 9.17) is 27.9 Å². The van der Waals surface area contributed by atoms with Gasteiger partial charge < -0.3 is 9.64 Å². The molecule has 1 fully saturated rings. The minimum atomic E-state index is -3.73. The van der Waals surface area contributed by atoms with Crippen LogP contribution >= 0.6 is 23.2 Å². The number of aromatic nitrogens is 2. The van der Waals surface area contributed by atoms with Crippen molar-refractivity contribution < 1.29 is 13.2 Å². The van der Waals surface area contributed by atoms with E-state index in [9.17, 15) is 8.42 Å². The van der Waals surface area contributed by atoms with E-state index in [1.54, 1.807) is 19.2 Å². The van der Waals surface area contributed by atoms with Crippen LogP contribution in [0.4, 0.5) is 5.82 Å². The fourth-order valence-electron chi connectivity index (χ4n) is 3.39. The summed E-state index contributed by atoms with van der Waals surface area (Å²) < 4.78 is 32.5. The molecule has 2 aromatic carbocycles. The number of benzene rings is 2. The van der Waals surface area contributed by atoms with Crippen LogP contribution in [0.2, 0.25) is 10.0 Å². The van der Waals surface area contributed by atoms with Crippen LogP contribution in [0.25, 0.3) is 11.3 Å². The van der Waals surface area contributed by atoms with Crippen LogP contribution in [0.3, 0.4) is 0 Å². The highest BCUT2D eigenvalue weighted by atomic mass is 35.5. The molecule has 1 aromatic heterocycles. The van der Waals surface area contributed by atoms with Crippen molar-refractivity contribution in [1.29, 1.82) is 0 Å². The lowest BCUT2D eigenvalue weighted by Crippen LogP contribution is -2.49. The number of methoxy groups -OCH3 is 1. The highest BCUT2D eigenvalue weighted by molar-refractivity contribution is 7.89. The van der Waals surface area contributed by atoms with Crippen LogP contribution < -0.4 is 9.64 Å². The number of rotatable bonds is 5. The molecular formula is C21H20Cl2N4O3S. The molecule has 0 unspecified atom stereocenters. The second-order valence-corrected chi connectivity index (χ2v) is 9.64. The van der Waals surface area contributed by atoms with Crippen LogP contribution in [0.5, 0.6) is 5.75 Å². The number of piperazine rings is 1. The van der Waals surface area contributed by atoms with Gasteiger partial charge in [0, 0.05) is 31.7 Å². The minimum absolute atomic E-state index is 0.0266. The van der Waals surface area contributed by atoms with E-state index in [1.807, 2.05) is 41.3 Å². The third-order valence-corrected chi connectivity index (χ3v) is 8.00. The minimum Gasteiger partial charge on any atom is -0.497 e. The van der Waals surface area contributed by atoms with E-state index in [0.717, 1.165) is 17.0 Å². The van der Waals surface area contributed by atoms with Gasteiger partial charge in [-0.25, -0.2) is 8.42 Å². The molecule has 0 atom stereocenters. The molecular weight excluding hydrogens is 459 g/mol. The Morgan fingerprint density at radius 3 is 2.23 bits per heavy atom. The van der Waals surface area contributed by atoms with Crippen molar-refractivity contribution in [3.63, 3.8) is 0 Å². The number of nitrogens with zero attached hydrogens (tertiary/aromatic N) is 4. The van der Waals surface area contributed by atoms with Crippen molar-refractivity contribution in [1.82, 2.24) is 14.5 Å². The molecule has 0 aliphatic carbocycles. The Hall–Kier alpha value is -2.39. The Morgan fingerprint density at radius 2 is 1.61 bits per heavy atom. The van der Waals surface area contributed by atoms with Crippen LogP contribution in [0, 0.1) is 0 Å². The van der Waals surface area contributed by atoms with Gasteiger partial charge in [-0.05, 0) is 48.5 Å². The summed E-state index contributed by atoms with van der Waals surface area (Å²) in [6, 6.07) is 16.0. The third kappa shape index (κ3) is 4.48. The summed E-state index contributed by atoms with van der Waals surface area (Å²) in [6.45, 7) is 1.61. The van der Waals surface area contributed by atoms with Gasteiger partial charge in [0.2, 0.25) is 10.0 Å². The van der Waals surface area contributed by atoms with E-state index < -0.39 is 10.0 Å². The zero-order valence-corrected chi connectivity index (χ0v) is 19.0. The molecule has 7 nitrogen and oxygen atoms in total. The number of hydrogen-bond acceptors (Lipinski definition) is 6. The highest BCUT2D eigenvalue weighted by Crippen LogP contribution is 2.31. The molecule has 0 amide bonds. The van der Waals surface area contributed by atoms with Crippen molar-refractivity contribution in [2.75, 3.05) is 38.2 Å². The average molecular weight is 479 g/mol. The fourth-order valence-corrected chi connectivity index (χ4v) is 5.55. The Labute approximate surface area is 191 Å². The second-order valence-electron chi connectivity index (χ2n) is 6.95. The molecule has 0 bridgehead atoms. The van der Waals surface area contributed by atoms with Crippen LogP contribution in [0.1, 0.15) is 0 Å². The van der Waals surface area contributed by atoms with Gasteiger partial charge in [0.25, 0.3) is 0 Å². The second kappa shape index (κ2) is 9.00. The van der Waals surface area contributed by atoms with Crippen molar-refractivity contribution in [3.05, 3.63) is 64.6 Å². The first kappa shape index (κ1) is 21.8. The monoisotopic (exact) mass is 478 g/mol. The predicted molar refractivity (Wildman–Crippen MR) is 121 cm³/mol. The predicted octanol–water partition coefficient (Wildman–Crippen LogP) is 3.97. The van der Waals surface area contributed by atoms with Gasteiger partial charge >= 0.3 is 0 Å². The summed E-state index contributed by atoms with van der Waals surface area (Å²) in [5.74, 6) is 1.48. The number of ether oxygens (including phenoxy) is 1. The Kier molecular flexibility index (Phi) is 6.34. The smallest absolute Gasteiger partial charge is 0.244 e. The zero-order valence-electron chi connectivity index (χ0n) is 16.7. The molecule has 0 N–H and O–H groups in total. The molecule has 162 valence electrons. The Bertz CT molecular complexity index is 1160. The summed E-state index contributed by atoms with van der Waals surface area (Å²) in [4.78, 5) is 2.04. The first-order chi connectivity index (χ1) is 14.9. The van der Waals surface area contributed by atoms with Gasteiger partial charge in [-0.1, -0.05) is 29.3 Å². The topological polar surface area (TPSA) is 75.6 Å². The zero-order chi connectivity index (χ0) is 22.0. The lowest BCUT2D eigenvalue weighted by molar-refractivity contribution is 0.383. The van der Waals surface area contributed by atoms with Crippen molar-refractivity contribution in [2.45, 2.75) is 4.90 Å². The standard InChI is InChI=1S/C21H20Cl2N4O3S/c1-30-16-7-5-15(6-8-16)18-9-10-20(25-24-18)26-11-13-27(14-12-26)31(28,29)19-4-2-3-17(22)21(19)23/h2-10H,11-14H2,1H3. The molecule has 1 saturated heterocycles. The van der Waals surface area contributed by atoms with E-state index in [2.05, 4.69) is 10.2 Å². The summed E-state index contributed by atoms with van der Waals surface area (Å²) >= 11 is 12.1. The molecule has 1 aliphatic rings. The fraction of sp³-hybridized carbons (Fsp3) is 0.238. The summed E-state index contributed by atoms with van der Waals surface area (Å²) in [6.07, 6.45) is 0. The SMILES string of the molecule is COc1ccc(-c2ccc(N3CCN(S(=O)(=O)c4cccc(Cl)c4Cl)CC3)nn2)cc1. The number of sulfonamides is 1. The quantitative estimate of drug-likeness (QED) is 0.552. The molecule has 1 aliphatic heterocycles. The van der Waals surface area contributed by atoms with Crippen LogP contribution in [0.15, 0.2) is 59.5 Å². The van der Waals surface area contributed by atoms with Gasteiger partial charge in [0.05, 0.1) is 22.8 Å². The molecule has 10 heteroatoms. The van der Waals surface area contributed by atoms with Gasteiger partial charge in [-0.15, -0.1) is 10.2 Å². The van der Waals surface area contributed by atoms with E-state index >= 15 is 0 Å². The first-order valence-electron chi connectivity index (χ1n) is 9.57. The normalized spacial score (nSPS) is 15.1. The molecule has 0 spiro atoms. The third-order valence-electron chi connectivity index (χ3n) is 5.13. The Balaban J connectivity index is 1.44. The van der Waals surface area contributed by atoms with Gasteiger partial charge in [-0.2, -0.15) is 4.31 Å². The number of hydrogen-bond donors (Lipinski definition) is 0. The van der Waals surface area contributed by atoms with E-state index in [1.165, 1.54) is 10.4 Å². The molecule has 31 heavy (non-hydrogen) atoms. The largest absolute Gasteiger partial charge is 0.497 e. The van der Waals surface area contributed by atoms with Crippen molar-refractivity contribution in [3.8, 4) is 17.0 Å². The number of anilines is 1. The maximum Gasteiger partial charge on any atom is 0.244 e. The van der Waals surface area contributed by atoms with E-state index in [0.29, 0.717) is 32.0 Å². The average Bonchev–Trinajstić information content (AvgIpc) is 2.81. The lowest BCUT2D eigenvalue weighted by Gasteiger charge is -2.34. The summed E-state index contributed by atoms with van der Waals surface area (Å²) in [7, 11) is -2.10. The van der Waals surface area contributed by atoms with Crippen molar-refractivity contribution in [2.24, 2.45) is 0 Å². The Morgan fingerprint density at radius 1 is 0.903 bits per heavy atom. The van der Waals surface area contributed by atoms with Crippen LogP contribution in [-0.2, 0) is 10.0 Å². The molecule has 0 radical (unpaired) electrons. The maximum absolute atomic E-state index is 13.0. The lowest BCUT2D eigenvalue weighted by atomic mass is 10.1. The summed E-state index contributed by atoms with van der Waals surface area (Å²) in [5, 5.41) is 8.91. The highest BCUT2D eigenvalue weighted by Gasteiger charge is 2.31. The van der Waals surface area contributed by atoms with Crippen molar-refractivity contribution >= 4 is 39.0 Å².